The maximum Gasteiger partial charge on any atom is 0.240 e. The van der Waals surface area contributed by atoms with Crippen LogP contribution < -0.4 is 20.2 Å². The van der Waals surface area contributed by atoms with Crippen LogP contribution in [0.3, 0.4) is 0 Å². The maximum absolute atomic E-state index is 12.0. The Kier molecular flexibility index (Phi) is 9.49. The fraction of sp³-hybridized carbons (Fsp3) is 0.160. The van der Waals surface area contributed by atoms with Gasteiger partial charge in [-0.1, -0.05) is 51.8 Å². The van der Waals surface area contributed by atoms with Gasteiger partial charge >= 0.3 is 0 Å². The molecule has 3 rings (SSSR count). The van der Waals surface area contributed by atoms with Crippen LogP contribution in [0.25, 0.3) is 0 Å². The quantitative estimate of drug-likeness (QED) is 0.258. The molecule has 0 aliphatic heterocycles. The molecule has 176 valence electrons. The van der Waals surface area contributed by atoms with Gasteiger partial charge in [0.1, 0.15) is 6.61 Å². The minimum absolute atomic E-state index is 0.00476. The van der Waals surface area contributed by atoms with Crippen molar-refractivity contribution in [3.63, 3.8) is 0 Å². The largest absolute Gasteiger partial charge is 0.493 e. The van der Waals surface area contributed by atoms with Crippen molar-refractivity contribution < 1.29 is 19.1 Å². The Morgan fingerprint density at radius 1 is 1.00 bits per heavy atom. The number of rotatable bonds is 10. The Balaban J connectivity index is 1.46. The fourth-order valence-electron chi connectivity index (χ4n) is 2.86. The Bertz CT molecular complexity index is 1170. The lowest BCUT2D eigenvalue weighted by molar-refractivity contribution is -0.124. The molecule has 3 aromatic rings. The van der Waals surface area contributed by atoms with Crippen LogP contribution in [-0.4, -0.2) is 25.1 Å². The third kappa shape index (κ3) is 7.90. The Hall–Kier alpha value is -3.36. The number of anilines is 1. The van der Waals surface area contributed by atoms with Crippen LogP contribution in [0, 0.1) is 0 Å². The average Bonchev–Trinajstić information content (AvgIpc) is 2.84. The molecule has 0 aliphatic carbocycles. The van der Waals surface area contributed by atoms with Crippen LogP contribution in [-0.2, 0) is 16.2 Å². The molecule has 2 N–H and O–H groups in total. The summed E-state index contributed by atoms with van der Waals surface area (Å²) < 4.78 is 12.3. The third-order valence-electron chi connectivity index (χ3n) is 4.63. The maximum atomic E-state index is 12.0. The molecule has 0 heterocycles. The zero-order valence-corrected chi connectivity index (χ0v) is 20.7. The van der Waals surface area contributed by atoms with E-state index in [-0.39, 0.29) is 24.7 Å². The zero-order chi connectivity index (χ0) is 24.3. The van der Waals surface area contributed by atoms with Gasteiger partial charge in [-0.05, 0) is 53.6 Å². The molecule has 0 saturated heterocycles. The van der Waals surface area contributed by atoms with Crippen LogP contribution in [0.4, 0.5) is 5.69 Å². The van der Waals surface area contributed by atoms with Crippen molar-refractivity contribution in [1.29, 1.82) is 0 Å². The molecule has 0 radical (unpaired) electrons. The first-order valence-electron chi connectivity index (χ1n) is 10.4. The highest BCUT2D eigenvalue weighted by molar-refractivity contribution is 9.10. The highest BCUT2D eigenvalue weighted by Crippen LogP contribution is 2.28. The third-order valence-corrected chi connectivity index (χ3v) is 5.48. The monoisotopic (exact) mass is 543 g/mol. The van der Waals surface area contributed by atoms with E-state index in [1.165, 1.54) is 6.21 Å². The summed E-state index contributed by atoms with van der Waals surface area (Å²) in [5.41, 5.74) is 4.66. The number of halogens is 2. The van der Waals surface area contributed by atoms with Gasteiger partial charge in [0.15, 0.2) is 11.5 Å². The van der Waals surface area contributed by atoms with E-state index in [0.717, 1.165) is 10.0 Å². The predicted octanol–water partition coefficient (Wildman–Crippen LogP) is 5.56. The number of nitrogens with zero attached hydrogens (tertiary/aromatic N) is 1. The summed E-state index contributed by atoms with van der Waals surface area (Å²) in [5.74, 6) is 0.447. The highest BCUT2D eigenvalue weighted by Gasteiger charge is 2.09. The summed E-state index contributed by atoms with van der Waals surface area (Å²) in [7, 11) is 1.55. The second kappa shape index (κ2) is 12.8. The number of ether oxygens (including phenoxy) is 2. The molecule has 7 nitrogen and oxygen atoms in total. The molecule has 0 saturated carbocycles. The molecule has 0 fully saturated rings. The van der Waals surface area contributed by atoms with E-state index in [1.54, 1.807) is 49.6 Å². The number of hydrazone groups is 1. The molecule has 34 heavy (non-hydrogen) atoms. The van der Waals surface area contributed by atoms with E-state index in [2.05, 4.69) is 31.8 Å². The Morgan fingerprint density at radius 3 is 2.47 bits per heavy atom. The van der Waals surface area contributed by atoms with Crippen molar-refractivity contribution in [2.24, 2.45) is 5.10 Å². The topological polar surface area (TPSA) is 89.0 Å². The summed E-state index contributed by atoms with van der Waals surface area (Å²) in [4.78, 5) is 24.0. The summed E-state index contributed by atoms with van der Waals surface area (Å²) in [6, 6.07) is 20.1. The molecule has 0 aromatic heterocycles. The van der Waals surface area contributed by atoms with E-state index in [0.29, 0.717) is 34.4 Å². The van der Waals surface area contributed by atoms with E-state index < -0.39 is 0 Å². The molecule has 2 amide bonds. The number of nitrogens with one attached hydrogen (secondary N) is 2. The van der Waals surface area contributed by atoms with Gasteiger partial charge < -0.3 is 14.8 Å². The SMILES string of the molecule is COc1cc(C=NNC(=O)CCC(=O)Nc2ccccc2Cl)ccc1OCc1ccc(Br)cc1. The van der Waals surface area contributed by atoms with Gasteiger partial charge in [0, 0.05) is 17.3 Å². The van der Waals surface area contributed by atoms with Crippen LogP contribution in [0.15, 0.2) is 76.3 Å². The second-order valence-electron chi connectivity index (χ2n) is 7.15. The first-order valence-corrected chi connectivity index (χ1v) is 11.5. The van der Waals surface area contributed by atoms with Gasteiger partial charge in [-0.15, -0.1) is 0 Å². The molecular weight excluding hydrogens is 522 g/mol. The minimum Gasteiger partial charge on any atom is -0.493 e. The van der Waals surface area contributed by atoms with Gasteiger partial charge in [-0.3, -0.25) is 9.59 Å². The van der Waals surface area contributed by atoms with Crippen LogP contribution in [0.5, 0.6) is 11.5 Å². The Labute approximate surface area is 211 Å². The molecule has 3 aromatic carbocycles. The minimum atomic E-state index is -0.382. The number of methoxy groups -OCH3 is 1. The van der Waals surface area contributed by atoms with E-state index in [4.69, 9.17) is 21.1 Å². The van der Waals surface area contributed by atoms with Crippen LogP contribution in [0.1, 0.15) is 24.0 Å². The predicted molar refractivity (Wildman–Crippen MR) is 137 cm³/mol. The molecular formula is C25H23BrClN3O4. The number of amides is 2. The lowest BCUT2D eigenvalue weighted by atomic mass is 10.2. The number of para-hydroxylation sites is 1. The lowest BCUT2D eigenvalue weighted by Crippen LogP contribution is -2.20. The summed E-state index contributed by atoms with van der Waals surface area (Å²) in [6.45, 7) is 0.400. The first kappa shape index (κ1) is 25.3. The van der Waals surface area contributed by atoms with E-state index in [1.807, 2.05) is 24.3 Å². The number of hydrogen-bond acceptors (Lipinski definition) is 5. The van der Waals surface area contributed by atoms with E-state index in [9.17, 15) is 9.59 Å². The molecule has 0 unspecified atom stereocenters. The van der Waals surface area contributed by atoms with Crippen molar-refractivity contribution in [2.75, 3.05) is 12.4 Å². The number of hydrogen-bond donors (Lipinski definition) is 2. The van der Waals surface area contributed by atoms with Gasteiger partial charge in [0.05, 0.1) is 24.0 Å². The number of carbonyl (C=O) groups is 2. The summed E-state index contributed by atoms with van der Waals surface area (Å²) in [5, 5.41) is 7.05. The van der Waals surface area contributed by atoms with Gasteiger partial charge in [0.2, 0.25) is 11.8 Å². The second-order valence-corrected chi connectivity index (χ2v) is 8.47. The molecule has 0 spiro atoms. The molecule has 0 aliphatic rings. The van der Waals surface area contributed by atoms with Gasteiger partial charge in [-0.25, -0.2) is 5.43 Å². The van der Waals surface area contributed by atoms with E-state index >= 15 is 0 Å². The smallest absolute Gasteiger partial charge is 0.240 e. The highest BCUT2D eigenvalue weighted by atomic mass is 79.9. The standard InChI is InChI=1S/C25H23BrClN3O4/c1-33-23-14-18(8-11-22(23)34-16-17-6-9-19(26)10-7-17)15-28-30-25(32)13-12-24(31)29-21-5-3-2-4-20(21)27/h2-11,14-15H,12-13,16H2,1H3,(H,29,31)(H,30,32). The zero-order valence-electron chi connectivity index (χ0n) is 18.4. The normalized spacial score (nSPS) is 10.7. The fourth-order valence-corrected chi connectivity index (χ4v) is 3.31. The van der Waals surface area contributed by atoms with Crippen molar-refractivity contribution in [2.45, 2.75) is 19.4 Å². The Morgan fingerprint density at radius 2 is 1.74 bits per heavy atom. The van der Waals surface area contributed by atoms with Gasteiger partial charge in [-0.2, -0.15) is 5.10 Å². The molecule has 0 atom stereocenters. The van der Waals surface area contributed by atoms with Crippen molar-refractivity contribution in [3.05, 3.63) is 87.4 Å². The van der Waals surface area contributed by atoms with Crippen molar-refractivity contribution >= 4 is 51.2 Å². The van der Waals surface area contributed by atoms with Crippen LogP contribution >= 0.6 is 27.5 Å². The van der Waals surface area contributed by atoms with Crippen molar-refractivity contribution in [3.8, 4) is 11.5 Å². The van der Waals surface area contributed by atoms with Gasteiger partial charge in [0.25, 0.3) is 0 Å². The number of carbonyl (C=O) groups excluding carboxylic acids is 2. The summed E-state index contributed by atoms with van der Waals surface area (Å²) in [6.07, 6.45) is 1.48. The average molecular weight is 545 g/mol. The summed E-state index contributed by atoms with van der Waals surface area (Å²) >= 11 is 9.42. The lowest BCUT2D eigenvalue weighted by Gasteiger charge is -2.11. The first-order chi connectivity index (χ1) is 16.4. The van der Waals surface area contributed by atoms with Crippen molar-refractivity contribution in [1.82, 2.24) is 5.43 Å². The molecule has 9 heteroatoms. The molecule has 0 bridgehead atoms. The number of benzene rings is 3. The van der Waals surface area contributed by atoms with Crippen LogP contribution in [0.2, 0.25) is 5.02 Å².